The van der Waals surface area contributed by atoms with Gasteiger partial charge in [-0.15, -0.1) is 0 Å². The average molecular weight is 341 g/mol. The van der Waals surface area contributed by atoms with Gasteiger partial charge in [0, 0.05) is 22.8 Å². The van der Waals surface area contributed by atoms with E-state index in [9.17, 15) is 9.59 Å². The smallest absolute Gasteiger partial charge is 0.265 e. The molecule has 3 rings (SSSR count). The van der Waals surface area contributed by atoms with Crippen molar-refractivity contribution >= 4 is 35.3 Å². The minimum absolute atomic E-state index is 0.0715. The third-order valence-electron chi connectivity index (χ3n) is 3.82. The van der Waals surface area contributed by atoms with Crippen molar-refractivity contribution in [1.29, 1.82) is 0 Å². The summed E-state index contributed by atoms with van der Waals surface area (Å²) in [5.41, 5.74) is 1.67. The first-order valence-electron chi connectivity index (χ1n) is 7.75. The fraction of sp³-hybridized carbons (Fsp3) is 0.211. The second kappa shape index (κ2) is 6.57. The lowest BCUT2D eigenvalue weighted by atomic mass is 9.89. The van der Waals surface area contributed by atoms with Crippen molar-refractivity contribution in [3.63, 3.8) is 0 Å². The molecule has 122 valence electrons. The highest BCUT2D eigenvalue weighted by Crippen LogP contribution is 2.32. The number of halogens is 1. The zero-order valence-corrected chi connectivity index (χ0v) is 14.2. The van der Waals surface area contributed by atoms with E-state index in [0.29, 0.717) is 21.8 Å². The largest absolute Gasteiger partial charge is 0.294 e. The van der Waals surface area contributed by atoms with Gasteiger partial charge in [0.2, 0.25) is 5.91 Å². The molecule has 1 atom stereocenters. The van der Waals surface area contributed by atoms with Crippen LogP contribution in [-0.2, 0) is 4.79 Å². The van der Waals surface area contributed by atoms with Gasteiger partial charge in [0.1, 0.15) is 0 Å². The molecule has 0 saturated heterocycles. The second-order valence-corrected chi connectivity index (χ2v) is 6.35. The molecule has 2 amide bonds. The predicted molar refractivity (Wildman–Crippen MR) is 96.1 cm³/mol. The lowest BCUT2D eigenvalue weighted by molar-refractivity contribution is -0.118. The minimum Gasteiger partial charge on any atom is -0.294 e. The van der Waals surface area contributed by atoms with Gasteiger partial charge in [-0.05, 0) is 43.7 Å². The molecule has 0 bridgehead atoms. The molecule has 2 aromatic rings. The number of imide groups is 1. The van der Waals surface area contributed by atoms with Crippen LogP contribution >= 0.6 is 11.6 Å². The van der Waals surface area contributed by atoms with Gasteiger partial charge >= 0.3 is 0 Å². The number of amides is 2. The Bertz CT molecular complexity index is 830. The van der Waals surface area contributed by atoms with Gasteiger partial charge in [0.15, 0.2) is 0 Å². The Hall–Kier alpha value is -2.46. The lowest BCUT2D eigenvalue weighted by Gasteiger charge is -2.31. The summed E-state index contributed by atoms with van der Waals surface area (Å²) < 4.78 is 0. The highest BCUT2D eigenvalue weighted by Gasteiger charge is 2.38. The van der Waals surface area contributed by atoms with E-state index in [1.807, 2.05) is 19.9 Å². The van der Waals surface area contributed by atoms with E-state index in [0.717, 1.165) is 0 Å². The molecule has 0 aromatic heterocycles. The van der Waals surface area contributed by atoms with Crippen LogP contribution in [-0.4, -0.2) is 24.1 Å². The van der Waals surface area contributed by atoms with Crippen molar-refractivity contribution in [2.75, 3.05) is 4.90 Å². The number of nitrogens with zero attached hydrogens (tertiary/aromatic N) is 2. The fourth-order valence-corrected chi connectivity index (χ4v) is 2.90. The summed E-state index contributed by atoms with van der Waals surface area (Å²) in [5.74, 6) is -1.24. The Morgan fingerprint density at radius 2 is 1.88 bits per heavy atom. The van der Waals surface area contributed by atoms with E-state index in [-0.39, 0.29) is 17.9 Å². The standard InChI is InChI=1S/C19H17ClN2O2/c1-12(2)21-11-17-15-8-3-4-9-16(15)18(23)22(19(17)24)14-7-5-6-13(20)10-14/h3-12,17H,1-2H3. The molecule has 0 aliphatic carbocycles. The fourth-order valence-electron chi connectivity index (χ4n) is 2.72. The maximum Gasteiger partial charge on any atom is 0.265 e. The van der Waals surface area contributed by atoms with Crippen molar-refractivity contribution in [1.82, 2.24) is 0 Å². The van der Waals surface area contributed by atoms with Crippen molar-refractivity contribution in [2.45, 2.75) is 25.8 Å². The van der Waals surface area contributed by atoms with Crippen LogP contribution in [0.25, 0.3) is 0 Å². The zero-order chi connectivity index (χ0) is 17.3. The van der Waals surface area contributed by atoms with Crippen LogP contribution in [0, 0.1) is 0 Å². The van der Waals surface area contributed by atoms with Gasteiger partial charge in [0.25, 0.3) is 5.91 Å². The zero-order valence-electron chi connectivity index (χ0n) is 13.4. The molecule has 5 heteroatoms. The first-order valence-corrected chi connectivity index (χ1v) is 8.13. The number of aliphatic imine (C=N–C) groups is 1. The molecule has 1 aliphatic heterocycles. The summed E-state index contributed by atoms with van der Waals surface area (Å²) in [4.78, 5) is 31.4. The average Bonchev–Trinajstić information content (AvgIpc) is 2.55. The van der Waals surface area contributed by atoms with Gasteiger partial charge in [-0.25, -0.2) is 4.90 Å². The van der Waals surface area contributed by atoms with Gasteiger partial charge < -0.3 is 0 Å². The van der Waals surface area contributed by atoms with Crippen LogP contribution in [0.15, 0.2) is 53.5 Å². The van der Waals surface area contributed by atoms with E-state index in [1.165, 1.54) is 4.90 Å². The highest BCUT2D eigenvalue weighted by molar-refractivity contribution is 6.32. The quantitative estimate of drug-likeness (QED) is 0.624. The number of carbonyl (C=O) groups excluding carboxylic acids is 2. The van der Waals surface area contributed by atoms with Gasteiger partial charge in [0.05, 0.1) is 11.6 Å². The maximum absolute atomic E-state index is 13.0. The number of hydrogen-bond acceptors (Lipinski definition) is 3. The summed E-state index contributed by atoms with van der Waals surface area (Å²) in [7, 11) is 0. The topological polar surface area (TPSA) is 49.7 Å². The van der Waals surface area contributed by atoms with Crippen molar-refractivity contribution in [3.8, 4) is 0 Å². The molecule has 0 fully saturated rings. The molecule has 4 nitrogen and oxygen atoms in total. The molecule has 0 radical (unpaired) electrons. The number of rotatable bonds is 3. The van der Waals surface area contributed by atoms with Gasteiger partial charge in [-0.3, -0.25) is 14.6 Å². The number of carbonyl (C=O) groups is 2. The summed E-state index contributed by atoms with van der Waals surface area (Å²) in [6, 6.07) is 14.0. The lowest BCUT2D eigenvalue weighted by Crippen LogP contribution is -2.45. The number of hydrogen-bond donors (Lipinski definition) is 0. The normalized spacial score (nSPS) is 17.7. The van der Waals surface area contributed by atoms with Crippen molar-refractivity contribution in [3.05, 3.63) is 64.7 Å². The predicted octanol–water partition coefficient (Wildman–Crippen LogP) is 4.09. The van der Waals surface area contributed by atoms with E-state index in [2.05, 4.69) is 4.99 Å². The molecule has 1 heterocycles. The summed E-state index contributed by atoms with van der Waals surface area (Å²) in [6.07, 6.45) is 1.63. The third-order valence-corrected chi connectivity index (χ3v) is 4.05. The Labute approximate surface area is 145 Å². The van der Waals surface area contributed by atoms with Crippen LogP contribution in [0.4, 0.5) is 5.69 Å². The number of benzene rings is 2. The molecular formula is C19H17ClN2O2. The first-order chi connectivity index (χ1) is 11.5. The Morgan fingerprint density at radius 1 is 1.12 bits per heavy atom. The first kappa shape index (κ1) is 16.4. The molecule has 2 aromatic carbocycles. The second-order valence-electron chi connectivity index (χ2n) is 5.92. The van der Waals surface area contributed by atoms with Crippen LogP contribution in [0.5, 0.6) is 0 Å². The molecular weight excluding hydrogens is 324 g/mol. The van der Waals surface area contributed by atoms with Crippen LogP contribution in [0.1, 0.15) is 35.7 Å². The van der Waals surface area contributed by atoms with Crippen molar-refractivity contribution < 1.29 is 9.59 Å². The summed E-state index contributed by atoms with van der Waals surface area (Å²) >= 11 is 6.02. The van der Waals surface area contributed by atoms with Crippen LogP contribution in [0.3, 0.4) is 0 Å². The van der Waals surface area contributed by atoms with E-state index >= 15 is 0 Å². The molecule has 1 aliphatic rings. The SMILES string of the molecule is CC(C)N=CC1C(=O)N(c2cccc(Cl)c2)C(=O)c2ccccc21. The van der Waals surface area contributed by atoms with E-state index in [1.54, 1.807) is 48.7 Å². The van der Waals surface area contributed by atoms with Gasteiger partial charge in [-0.2, -0.15) is 0 Å². The number of fused-ring (bicyclic) bond motifs is 1. The number of anilines is 1. The monoisotopic (exact) mass is 340 g/mol. The Morgan fingerprint density at radius 3 is 2.58 bits per heavy atom. The Balaban J connectivity index is 2.13. The Kier molecular flexibility index (Phi) is 4.49. The third kappa shape index (κ3) is 2.97. The molecule has 0 saturated carbocycles. The minimum atomic E-state index is -0.583. The van der Waals surface area contributed by atoms with Crippen LogP contribution in [0.2, 0.25) is 5.02 Å². The molecule has 0 N–H and O–H groups in total. The summed E-state index contributed by atoms with van der Waals surface area (Å²) in [6.45, 7) is 3.88. The van der Waals surface area contributed by atoms with E-state index in [4.69, 9.17) is 11.6 Å². The molecule has 24 heavy (non-hydrogen) atoms. The van der Waals surface area contributed by atoms with E-state index < -0.39 is 5.92 Å². The molecule has 1 unspecified atom stereocenters. The summed E-state index contributed by atoms with van der Waals surface area (Å²) in [5, 5.41) is 0.472. The van der Waals surface area contributed by atoms with Gasteiger partial charge in [-0.1, -0.05) is 35.9 Å². The van der Waals surface area contributed by atoms with Crippen molar-refractivity contribution in [2.24, 2.45) is 4.99 Å². The van der Waals surface area contributed by atoms with Crippen LogP contribution < -0.4 is 4.90 Å². The highest BCUT2D eigenvalue weighted by atomic mass is 35.5. The molecule has 0 spiro atoms. The maximum atomic E-state index is 13.0.